The fourth-order valence-electron chi connectivity index (χ4n) is 3.18. The van der Waals surface area contributed by atoms with Crippen LogP contribution in [0.2, 0.25) is 0 Å². The number of hydrogen-bond donors (Lipinski definition) is 0. The Morgan fingerprint density at radius 2 is 2.05 bits per heavy atom. The summed E-state index contributed by atoms with van der Waals surface area (Å²) in [5, 5.41) is 4.07. The molecule has 0 aromatic heterocycles. The zero-order valence-electron chi connectivity index (χ0n) is 11.4. The summed E-state index contributed by atoms with van der Waals surface area (Å²) in [6.07, 6.45) is 1.81. The smallest absolute Gasteiger partial charge is 0.184 e. The number of nitrogens with zero attached hydrogens (tertiary/aromatic N) is 1. The molecule has 1 aromatic carbocycles. The quantitative estimate of drug-likeness (QED) is 0.780. The molecule has 0 aliphatic heterocycles. The van der Waals surface area contributed by atoms with Crippen LogP contribution in [0.4, 0.5) is 0 Å². The maximum atomic E-state index is 12.2. The van der Waals surface area contributed by atoms with Crippen LogP contribution in [-0.2, 0) is 16.2 Å². The Bertz CT molecular complexity index is 519. The van der Waals surface area contributed by atoms with Crippen molar-refractivity contribution >= 4 is 11.5 Å². The lowest BCUT2D eigenvalue weighted by molar-refractivity contribution is -0.135. The van der Waals surface area contributed by atoms with Gasteiger partial charge in [0.25, 0.3) is 0 Å². The maximum Gasteiger partial charge on any atom is 0.184 e. The first-order valence-corrected chi connectivity index (χ1v) is 6.86. The number of hydrogen-bond acceptors (Lipinski definition) is 3. The summed E-state index contributed by atoms with van der Waals surface area (Å²) in [7, 11) is 0. The topological polar surface area (TPSA) is 38.7 Å². The van der Waals surface area contributed by atoms with Crippen LogP contribution >= 0.6 is 0 Å². The summed E-state index contributed by atoms with van der Waals surface area (Å²) in [6, 6.07) is 9.88. The van der Waals surface area contributed by atoms with Gasteiger partial charge in [-0.2, -0.15) is 0 Å². The minimum atomic E-state index is 0.158. The standard InChI is InChI=1S/C16H19NO2/c1-16(2)12-8-13(16)15(18)14(9-12)17-19-10-11-6-4-3-5-7-11/h3-7,12-13H,8-10H2,1-2H3/b17-14-/t12-,13+/m1/s1. The fourth-order valence-corrected chi connectivity index (χ4v) is 3.18. The van der Waals surface area contributed by atoms with Crippen molar-refractivity contribution in [2.45, 2.75) is 33.3 Å². The van der Waals surface area contributed by atoms with E-state index in [2.05, 4.69) is 19.0 Å². The lowest BCUT2D eigenvalue weighted by Crippen LogP contribution is -2.56. The van der Waals surface area contributed by atoms with Gasteiger partial charge in [0.2, 0.25) is 0 Å². The molecule has 2 atom stereocenters. The van der Waals surface area contributed by atoms with E-state index in [1.165, 1.54) is 0 Å². The Morgan fingerprint density at radius 1 is 1.32 bits per heavy atom. The Labute approximate surface area is 113 Å². The van der Waals surface area contributed by atoms with Gasteiger partial charge in [-0.05, 0) is 29.7 Å². The molecule has 3 aliphatic rings. The van der Waals surface area contributed by atoms with Gasteiger partial charge in [0.05, 0.1) is 0 Å². The molecule has 3 aliphatic carbocycles. The predicted molar refractivity (Wildman–Crippen MR) is 73.7 cm³/mol. The van der Waals surface area contributed by atoms with Crippen molar-refractivity contribution in [3.8, 4) is 0 Å². The lowest BCUT2D eigenvalue weighted by Gasteiger charge is -2.55. The van der Waals surface area contributed by atoms with Crippen molar-refractivity contribution in [2.75, 3.05) is 0 Å². The molecule has 3 heteroatoms. The highest BCUT2D eigenvalue weighted by molar-refractivity contribution is 6.42. The molecular formula is C16H19NO2. The van der Waals surface area contributed by atoms with Gasteiger partial charge in [0.15, 0.2) is 5.78 Å². The van der Waals surface area contributed by atoms with Crippen LogP contribution in [0.25, 0.3) is 0 Å². The maximum absolute atomic E-state index is 12.2. The summed E-state index contributed by atoms with van der Waals surface area (Å²) >= 11 is 0. The molecule has 3 nitrogen and oxygen atoms in total. The summed E-state index contributed by atoms with van der Waals surface area (Å²) in [6.45, 7) is 4.80. The molecule has 0 unspecified atom stereocenters. The van der Waals surface area contributed by atoms with E-state index >= 15 is 0 Å². The molecule has 1 aromatic rings. The van der Waals surface area contributed by atoms with Crippen LogP contribution in [0.3, 0.4) is 0 Å². The average molecular weight is 257 g/mol. The third kappa shape index (κ3) is 2.07. The van der Waals surface area contributed by atoms with Gasteiger partial charge in [0, 0.05) is 5.92 Å². The van der Waals surface area contributed by atoms with Gasteiger partial charge in [-0.25, -0.2) is 0 Å². The molecule has 3 saturated carbocycles. The van der Waals surface area contributed by atoms with Crippen molar-refractivity contribution in [1.29, 1.82) is 0 Å². The van der Waals surface area contributed by atoms with E-state index in [1.54, 1.807) is 0 Å². The molecule has 0 N–H and O–H groups in total. The van der Waals surface area contributed by atoms with E-state index < -0.39 is 0 Å². The highest BCUT2D eigenvalue weighted by Gasteiger charge is 2.56. The van der Waals surface area contributed by atoms with E-state index in [-0.39, 0.29) is 17.1 Å². The minimum absolute atomic E-state index is 0.158. The number of ketones is 1. The summed E-state index contributed by atoms with van der Waals surface area (Å²) in [5.74, 6) is 0.945. The summed E-state index contributed by atoms with van der Waals surface area (Å²) < 4.78 is 0. The molecule has 0 spiro atoms. The first-order valence-electron chi connectivity index (χ1n) is 6.86. The summed E-state index contributed by atoms with van der Waals surface area (Å²) in [4.78, 5) is 17.5. The van der Waals surface area contributed by atoms with Crippen molar-refractivity contribution in [3.63, 3.8) is 0 Å². The van der Waals surface area contributed by atoms with Crippen LogP contribution < -0.4 is 0 Å². The highest BCUT2D eigenvalue weighted by atomic mass is 16.6. The Hall–Kier alpha value is -1.64. The lowest BCUT2D eigenvalue weighted by atomic mass is 9.48. The second-order valence-corrected chi connectivity index (χ2v) is 6.17. The Balaban J connectivity index is 1.62. The molecule has 0 amide bonds. The largest absolute Gasteiger partial charge is 0.391 e. The van der Waals surface area contributed by atoms with Crippen molar-refractivity contribution in [1.82, 2.24) is 0 Å². The van der Waals surface area contributed by atoms with Gasteiger partial charge in [0.1, 0.15) is 12.3 Å². The van der Waals surface area contributed by atoms with Crippen LogP contribution in [0.15, 0.2) is 35.5 Å². The van der Waals surface area contributed by atoms with Gasteiger partial charge < -0.3 is 4.84 Å². The van der Waals surface area contributed by atoms with Gasteiger partial charge in [-0.1, -0.05) is 49.3 Å². The second-order valence-electron chi connectivity index (χ2n) is 6.17. The van der Waals surface area contributed by atoms with Crippen molar-refractivity contribution < 1.29 is 9.63 Å². The normalized spacial score (nSPS) is 30.0. The number of carbonyl (C=O) groups is 1. The molecule has 4 rings (SSSR count). The number of rotatable bonds is 3. The first-order chi connectivity index (χ1) is 9.09. The number of benzene rings is 1. The van der Waals surface area contributed by atoms with Crippen LogP contribution in [0.5, 0.6) is 0 Å². The van der Waals surface area contributed by atoms with E-state index in [4.69, 9.17) is 4.84 Å². The molecular weight excluding hydrogens is 238 g/mol. The van der Waals surface area contributed by atoms with E-state index in [1.807, 2.05) is 30.3 Å². The molecule has 100 valence electrons. The highest BCUT2D eigenvalue weighted by Crippen LogP contribution is 2.56. The molecule has 0 saturated heterocycles. The van der Waals surface area contributed by atoms with E-state index in [0.717, 1.165) is 18.4 Å². The third-order valence-corrected chi connectivity index (χ3v) is 4.76. The zero-order chi connectivity index (χ0) is 13.5. The second kappa shape index (κ2) is 4.48. The SMILES string of the molecule is CC1(C)[C@H]2C/C(=N/OCc3ccccc3)C(=O)[C@@H]1C2. The zero-order valence-corrected chi connectivity index (χ0v) is 11.4. The van der Waals surface area contributed by atoms with E-state index in [0.29, 0.717) is 18.2 Å². The predicted octanol–water partition coefficient (Wildman–Crippen LogP) is 3.19. The Kier molecular flexibility index (Phi) is 2.92. The van der Waals surface area contributed by atoms with Crippen molar-refractivity contribution in [3.05, 3.63) is 35.9 Å². The first kappa shape index (κ1) is 12.4. The number of fused-ring (bicyclic) bond motifs is 2. The number of Topliss-reactive ketones (excluding diaryl/α,β-unsaturated/α-hetero) is 1. The van der Waals surface area contributed by atoms with E-state index in [9.17, 15) is 4.79 Å². The molecule has 19 heavy (non-hydrogen) atoms. The molecule has 2 bridgehead atoms. The van der Waals surface area contributed by atoms with Crippen LogP contribution in [0, 0.1) is 17.3 Å². The Morgan fingerprint density at radius 3 is 2.68 bits per heavy atom. The van der Waals surface area contributed by atoms with Gasteiger partial charge >= 0.3 is 0 Å². The van der Waals surface area contributed by atoms with Crippen LogP contribution in [-0.4, -0.2) is 11.5 Å². The monoisotopic (exact) mass is 257 g/mol. The van der Waals surface area contributed by atoms with Crippen molar-refractivity contribution in [2.24, 2.45) is 22.4 Å². The molecule has 0 radical (unpaired) electrons. The summed E-state index contributed by atoms with van der Waals surface area (Å²) in [5.41, 5.74) is 1.87. The minimum Gasteiger partial charge on any atom is -0.391 e. The van der Waals surface area contributed by atoms with Gasteiger partial charge in [-0.15, -0.1) is 0 Å². The average Bonchev–Trinajstić information content (AvgIpc) is 2.41. The molecule has 3 fully saturated rings. The molecule has 0 heterocycles. The van der Waals surface area contributed by atoms with Crippen LogP contribution in [0.1, 0.15) is 32.3 Å². The third-order valence-electron chi connectivity index (χ3n) is 4.76. The fraction of sp³-hybridized carbons (Fsp3) is 0.500. The number of carbonyl (C=O) groups excluding carboxylic acids is 1. The number of oxime groups is 1. The van der Waals surface area contributed by atoms with Gasteiger partial charge in [-0.3, -0.25) is 4.79 Å².